The standard InChI is InChI=1S/C13H19N3O3/c1-16(7-3-4-12(17)19-2)13(18)10-5-6-15-11(8-10)9-14/h5-6,8H,3-4,7,9,14H2,1-2H3. The number of amides is 1. The Morgan fingerprint density at radius 2 is 2.21 bits per heavy atom. The highest BCUT2D eigenvalue weighted by molar-refractivity contribution is 5.94. The zero-order chi connectivity index (χ0) is 14.3. The Kier molecular flexibility index (Phi) is 5.95. The van der Waals surface area contributed by atoms with Crippen LogP contribution in [0.15, 0.2) is 18.3 Å². The van der Waals surface area contributed by atoms with Gasteiger partial charge in [0.25, 0.3) is 5.91 Å². The number of esters is 1. The molecule has 0 saturated heterocycles. The highest BCUT2D eigenvalue weighted by Gasteiger charge is 2.12. The SMILES string of the molecule is COC(=O)CCCN(C)C(=O)c1ccnc(CN)c1. The molecule has 0 fully saturated rings. The second-order valence-corrected chi connectivity index (χ2v) is 4.15. The van der Waals surface area contributed by atoms with E-state index in [4.69, 9.17) is 5.73 Å². The van der Waals surface area contributed by atoms with Crippen molar-refractivity contribution < 1.29 is 14.3 Å². The lowest BCUT2D eigenvalue weighted by molar-refractivity contribution is -0.140. The first-order valence-electron chi connectivity index (χ1n) is 6.05. The van der Waals surface area contributed by atoms with E-state index in [1.165, 1.54) is 7.11 Å². The average Bonchev–Trinajstić information content (AvgIpc) is 2.46. The number of ether oxygens (including phenoxy) is 1. The van der Waals surface area contributed by atoms with Crippen LogP contribution in [0.2, 0.25) is 0 Å². The number of nitrogens with zero attached hydrogens (tertiary/aromatic N) is 2. The molecule has 6 nitrogen and oxygen atoms in total. The van der Waals surface area contributed by atoms with Gasteiger partial charge in [-0.15, -0.1) is 0 Å². The predicted molar refractivity (Wildman–Crippen MR) is 70.3 cm³/mol. The van der Waals surface area contributed by atoms with Crippen LogP contribution in [0, 0.1) is 0 Å². The Labute approximate surface area is 112 Å². The van der Waals surface area contributed by atoms with Crippen LogP contribution < -0.4 is 5.73 Å². The number of hydrogen-bond acceptors (Lipinski definition) is 5. The maximum atomic E-state index is 12.1. The van der Waals surface area contributed by atoms with Gasteiger partial charge in [-0.05, 0) is 18.6 Å². The topological polar surface area (TPSA) is 85.5 Å². The Morgan fingerprint density at radius 3 is 2.84 bits per heavy atom. The van der Waals surface area contributed by atoms with Crippen LogP contribution in [0.1, 0.15) is 28.9 Å². The largest absolute Gasteiger partial charge is 0.469 e. The zero-order valence-corrected chi connectivity index (χ0v) is 11.3. The van der Waals surface area contributed by atoms with Crippen LogP contribution in [0.5, 0.6) is 0 Å². The van der Waals surface area contributed by atoms with Crippen molar-refractivity contribution in [3.63, 3.8) is 0 Å². The highest BCUT2D eigenvalue weighted by Crippen LogP contribution is 2.06. The predicted octanol–water partition coefficient (Wildman–Crippen LogP) is 0.565. The van der Waals surface area contributed by atoms with Crippen LogP contribution in [-0.2, 0) is 16.1 Å². The number of carbonyl (C=O) groups excluding carboxylic acids is 2. The molecule has 0 aliphatic rings. The molecule has 1 heterocycles. The molecule has 0 spiro atoms. The van der Waals surface area contributed by atoms with Crippen molar-refractivity contribution >= 4 is 11.9 Å². The van der Waals surface area contributed by atoms with Gasteiger partial charge < -0.3 is 15.4 Å². The summed E-state index contributed by atoms with van der Waals surface area (Å²) in [7, 11) is 3.05. The average molecular weight is 265 g/mol. The monoisotopic (exact) mass is 265 g/mol. The van der Waals surface area contributed by atoms with E-state index in [0.29, 0.717) is 37.2 Å². The van der Waals surface area contributed by atoms with Crippen molar-refractivity contribution in [1.82, 2.24) is 9.88 Å². The van der Waals surface area contributed by atoms with E-state index in [9.17, 15) is 9.59 Å². The molecule has 0 saturated carbocycles. The summed E-state index contributed by atoms with van der Waals surface area (Å²) in [6, 6.07) is 3.33. The van der Waals surface area contributed by atoms with E-state index >= 15 is 0 Å². The van der Waals surface area contributed by atoms with E-state index in [0.717, 1.165) is 0 Å². The number of methoxy groups -OCH3 is 1. The molecule has 0 aromatic carbocycles. The number of hydrogen-bond donors (Lipinski definition) is 1. The molecule has 1 amide bonds. The zero-order valence-electron chi connectivity index (χ0n) is 11.3. The lowest BCUT2D eigenvalue weighted by atomic mass is 10.2. The maximum absolute atomic E-state index is 12.1. The van der Waals surface area contributed by atoms with Gasteiger partial charge in [0, 0.05) is 38.3 Å². The summed E-state index contributed by atoms with van der Waals surface area (Å²) in [6.45, 7) is 0.793. The Bertz CT molecular complexity index is 449. The minimum Gasteiger partial charge on any atom is -0.469 e. The van der Waals surface area contributed by atoms with Crippen LogP contribution in [0.4, 0.5) is 0 Å². The van der Waals surface area contributed by atoms with E-state index in [1.807, 2.05) is 0 Å². The fourth-order valence-electron chi connectivity index (χ4n) is 1.61. The second kappa shape index (κ2) is 7.48. The number of nitrogens with two attached hydrogens (primary N) is 1. The normalized spacial score (nSPS) is 10.1. The summed E-state index contributed by atoms with van der Waals surface area (Å²) in [4.78, 5) is 28.7. The number of pyridine rings is 1. The van der Waals surface area contributed by atoms with Gasteiger partial charge in [0.1, 0.15) is 0 Å². The summed E-state index contributed by atoms with van der Waals surface area (Å²) in [5.41, 5.74) is 6.71. The molecule has 0 atom stereocenters. The molecule has 0 bridgehead atoms. The first kappa shape index (κ1) is 15.1. The highest BCUT2D eigenvalue weighted by atomic mass is 16.5. The first-order chi connectivity index (χ1) is 9.08. The molecule has 104 valence electrons. The lowest BCUT2D eigenvalue weighted by Gasteiger charge is -2.17. The molecule has 1 aromatic rings. The van der Waals surface area contributed by atoms with Crippen molar-refractivity contribution in [2.45, 2.75) is 19.4 Å². The molecule has 1 aromatic heterocycles. The minimum absolute atomic E-state index is 0.109. The number of aromatic nitrogens is 1. The van der Waals surface area contributed by atoms with Gasteiger partial charge in [0.05, 0.1) is 12.8 Å². The Hall–Kier alpha value is -1.95. The molecule has 0 radical (unpaired) electrons. The van der Waals surface area contributed by atoms with Crippen molar-refractivity contribution in [1.29, 1.82) is 0 Å². The van der Waals surface area contributed by atoms with Crippen molar-refractivity contribution in [2.24, 2.45) is 5.73 Å². The van der Waals surface area contributed by atoms with Gasteiger partial charge in [-0.1, -0.05) is 0 Å². The van der Waals surface area contributed by atoms with E-state index in [2.05, 4.69) is 9.72 Å². The van der Waals surface area contributed by atoms with Crippen molar-refractivity contribution in [3.05, 3.63) is 29.6 Å². The molecule has 6 heteroatoms. The Balaban J connectivity index is 2.53. The fraction of sp³-hybridized carbons (Fsp3) is 0.462. The molecule has 0 aliphatic heterocycles. The maximum Gasteiger partial charge on any atom is 0.305 e. The van der Waals surface area contributed by atoms with E-state index < -0.39 is 0 Å². The van der Waals surface area contributed by atoms with Gasteiger partial charge in [-0.2, -0.15) is 0 Å². The quantitative estimate of drug-likeness (QED) is 0.760. The van der Waals surface area contributed by atoms with Gasteiger partial charge in [-0.25, -0.2) is 0 Å². The molecule has 2 N–H and O–H groups in total. The van der Waals surface area contributed by atoms with Crippen LogP contribution in [-0.4, -0.2) is 42.5 Å². The summed E-state index contributed by atoms with van der Waals surface area (Å²) in [5.74, 6) is -0.378. The molecule has 19 heavy (non-hydrogen) atoms. The third-order valence-corrected chi connectivity index (χ3v) is 2.72. The number of rotatable bonds is 6. The number of carbonyl (C=O) groups is 2. The van der Waals surface area contributed by atoms with Gasteiger partial charge in [0.15, 0.2) is 0 Å². The minimum atomic E-state index is -0.268. The lowest BCUT2D eigenvalue weighted by Crippen LogP contribution is -2.28. The first-order valence-corrected chi connectivity index (χ1v) is 6.05. The van der Waals surface area contributed by atoms with Crippen molar-refractivity contribution in [2.75, 3.05) is 20.7 Å². The van der Waals surface area contributed by atoms with Gasteiger partial charge in [0.2, 0.25) is 0 Å². The second-order valence-electron chi connectivity index (χ2n) is 4.15. The Morgan fingerprint density at radius 1 is 1.47 bits per heavy atom. The summed E-state index contributed by atoms with van der Waals surface area (Å²) >= 11 is 0. The van der Waals surface area contributed by atoms with Crippen LogP contribution in [0.25, 0.3) is 0 Å². The molecular weight excluding hydrogens is 246 g/mol. The van der Waals surface area contributed by atoms with Crippen LogP contribution in [0.3, 0.4) is 0 Å². The van der Waals surface area contributed by atoms with E-state index in [-0.39, 0.29) is 11.9 Å². The summed E-state index contributed by atoms with van der Waals surface area (Å²) in [5, 5.41) is 0. The van der Waals surface area contributed by atoms with Crippen LogP contribution >= 0.6 is 0 Å². The van der Waals surface area contributed by atoms with Gasteiger partial charge in [-0.3, -0.25) is 14.6 Å². The van der Waals surface area contributed by atoms with Gasteiger partial charge >= 0.3 is 5.97 Å². The molecule has 0 aliphatic carbocycles. The summed E-state index contributed by atoms with van der Waals surface area (Å²) < 4.78 is 4.54. The fourth-order valence-corrected chi connectivity index (χ4v) is 1.61. The van der Waals surface area contributed by atoms with E-state index in [1.54, 1.807) is 30.3 Å². The third kappa shape index (κ3) is 4.67. The summed E-state index contributed by atoms with van der Waals surface area (Å²) in [6.07, 6.45) is 2.44. The molecule has 1 rings (SSSR count). The molecular formula is C13H19N3O3. The van der Waals surface area contributed by atoms with Crippen molar-refractivity contribution in [3.8, 4) is 0 Å². The molecule has 0 unspecified atom stereocenters. The third-order valence-electron chi connectivity index (χ3n) is 2.72. The smallest absolute Gasteiger partial charge is 0.305 e.